The molecule has 2 aromatic heterocycles. The molecule has 0 spiro atoms. The van der Waals surface area contributed by atoms with Crippen LogP contribution in [0.15, 0.2) is 56.7 Å². The summed E-state index contributed by atoms with van der Waals surface area (Å²) < 4.78 is 15.8. The molecule has 0 saturated carbocycles. The lowest BCUT2D eigenvalue weighted by Crippen LogP contribution is -2.42. The first-order valence-electron chi connectivity index (χ1n) is 7.56. The quantitative estimate of drug-likeness (QED) is 0.452. The molecule has 3 rings (SSSR count). The molecule has 27 heavy (non-hydrogen) atoms. The molecule has 11 heteroatoms. The van der Waals surface area contributed by atoms with Crippen LogP contribution in [0.1, 0.15) is 16.4 Å². The van der Waals surface area contributed by atoms with Crippen molar-refractivity contribution in [1.82, 2.24) is 21.0 Å². The van der Waals surface area contributed by atoms with Gasteiger partial charge in [-0.1, -0.05) is 23.4 Å². The van der Waals surface area contributed by atoms with E-state index in [1.807, 2.05) is 0 Å². The number of furan rings is 1. The summed E-state index contributed by atoms with van der Waals surface area (Å²) >= 11 is 6.82. The second-order valence-corrected chi connectivity index (χ2v) is 6.34. The number of nitrogens with zero attached hydrogens (tertiary/aromatic N) is 2. The molecular weight excluding hydrogens is 396 g/mol. The van der Waals surface area contributed by atoms with Crippen LogP contribution in [-0.4, -0.2) is 27.8 Å². The van der Waals surface area contributed by atoms with E-state index in [2.05, 4.69) is 21.0 Å². The molecule has 140 valence electrons. The summed E-state index contributed by atoms with van der Waals surface area (Å²) in [7, 11) is 0. The predicted octanol–water partition coefficient (Wildman–Crippen LogP) is 2.45. The Hall–Kier alpha value is -2.98. The highest BCUT2D eigenvalue weighted by molar-refractivity contribution is 7.99. The summed E-state index contributed by atoms with van der Waals surface area (Å²) in [5.41, 5.74) is 4.48. The molecule has 3 aromatic rings. The molecule has 0 unspecified atom stereocenters. The van der Waals surface area contributed by atoms with Gasteiger partial charge < -0.3 is 13.6 Å². The van der Waals surface area contributed by atoms with Crippen LogP contribution >= 0.6 is 23.4 Å². The van der Waals surface area contributed by atoms with Crippen molar-refractivity contribution in [3.8, 4) is 5.75 Å². The highest BCUT2D eigenvalue weighted by Gasteiger charge is 2.12. The Morgan fingerprint density at radius 2 is 1.96 bits per heavy atom. The SMILES string of the molecule is O=C(CSc1nnc(COc2ccc(Cl)cc2)o1)NNC(=O)c1ccco1. The Morgan fingerprint density at radius 1 is 1.15 bits per heavy atom. The van der Waals surface area contributed by atoms with Crippen molar-refractivity contribution in [2.45, 2.75) is 11.8 Å². The van der Waals surface area contributed by atoms with Crippen molar-refractivity contribution in [2.24, 2.45) is 0 Å². The molecule has 0 atom stereocenters. The van der Waals surface area contributed by atoms with Crippen molar-refractivity contribution in [3.05, 3.63) is 59.3 Å². The van der Waals surface area contributed by atoms with Crippen molar-refractivity contribution in [2.75, 3.05) is 5.75 Å². The second-order valence-electron chi connectivity index (χ2n) is 4.97. The molecule has 0 radical (unpaired) electrons. The Kier molecular flexibility index (Phi) is 6.34. The van der Waals surface area contributed by atoms with Crippen molar-refractivity contribution < 1.29 is 23.2 Å². The lowest BCUT2D eigenvalue weighted by atomic mass is 10.3. The van der Waals surface area contributed by atoms with Crippen LogP contribution in [0.5, 0.6) is 5.75 Å². The molecule has 1 aromatic carbocycles. The fourth-order valence-electron chi connectivity index (χ4n) is 1.79. The summed E-state index contributed by atoms with van der Waals surface area (Å²) in [4.78, 5) is 23.3. The number of nitrogens with one attached hydrogen (secondary N) is 2. The van der Waals surface area contributed by atoms with Crippen LogP contribution in [0, 0.1) is 0 Å². The van der Waals surface area contributed by atoms with Gasteiger partial charge in [-0.2, -0.15) is 0 Å². The molecule has 2 N–H and O–H groups in total. The zero-order valence-corrected chi connectivity index (χ0v) is 15.2. The Labute approximate surface area is 162 Å². The highest BCUT2D eigenvalue weighted by atomic mass is 35.5. The zero-order valence-electron chi connectivity index (χ0n) is 13.7. The second kappa shape index (κ2) is 9.10. The Bertz CT molecular complexity index is 898. The molecule has 2 heterocycles. The Balaban J connectivity index is 1.39. The van der Waals surface area contributed by atoms with Gasteiger partial charge in [-0.3, -0.25) is 20.4 Å². The minimum absolute atomic E-state index is 0.0297. The smallest absolute Gasteiger partial charge is 0.305 e. The summed E-state index contributed by atoms with van der Waals surface area (Å²) in [6, 6.07) is 9.88. The fraction of sp³-hybridized carbons (Fsp3) is 0.125. The topological polar surface area (TPSA) is 119 Å². The van der Waals surface area contributed by atoms with Gasteiger partial charge in [0.05, 0.1) is 12.0 Å². The molecule has 0 aliphatic heterocycles. The van der Waals surface area contributed by atoms with Crippen molar-refractivity contribution in [1.29, 1.82) is 0 Å². The van der Waals surface area contributed by atoms with E-state index in [-0.39, 0.29) is 29.2 Å². The number of carbonyl (C=O) groups excluding carboxylic acids is 2. The molecule has 0 aliphatic carbocycles. The molecule has 2 amide bonds. The third-order valence-corrected chi connectivity index (χ3v) is 4.08. The molecule has 0 bridgehead atoms. The van der Waals surface area contributed by atoms with E-state index in [4.69, 9.17) is 25.2 Å². The van der Waals surface area contributed by atoms with Crippen LogP contribution in [0.3, 0.4) is 0 Å². The monoisotopic (exact) mass is 408 g/mol. The van der Waals surface area contributed by atoms with E-state index < -0.39 is 11.8 Å². The average Bonchev–Trinajstić information content (AvgIpc) is 3.36. The first-order valence-corrected chi connectivity index (χ1v) is 8.93. The minimum atomic E-state index is -0.558. The van der Waals surface area contributed by atoms with Crippen molar-refractivity contribution >= 4 is 35.2 Å². The van der Waals surface area contributed by atoms with Gasteiger partial charge in [0, 0.05) is 5.02 Å². The lowest BCUT2D eigenvalue weighted by Gasteiger charge is -2.04. The molecular formula is C16H13ClN4O5S. The minimum Gasteiger partial charge on any atom is -0.484 e. The van der Waals surface area contributed by atoms with Gasteiger partial charge in [-0.05, 0) is 36.4 Å². The van der Waals surface area contributed by atoms with Gasteiger partial charge in [0.25, 0.3) is 11.1 Å². The van der Waals surface area contributed by atoms with Crippen LogP contribution in [0.4, 0.5) is 0 Å². The number of benzene rings is 1. The van der Waals surface area contributed by atoms with Crippen LogP contribution in [-0.2, 0) is 11.4 Å². The van der Waals surface area contributed by atoms with Gasteiger partial charge in [0.15, 0.2) is 12.4 Å². The fourth-order valence-corrected chi connectivity index (χ4v) is 2.50. The number of halogens is 1. The van der Waals surface area contributed by atoms with Gasteiger partial charge in [-0.15, -0.1) is 10.2 Å². The van der Waals surface area contributed by atoms with Crippen LogP contribution in [0.25, 0.3) is 0 Å². The first kappa shape index (κ1) is 18.8. The summed E-state index contributed by atoms with van der Waals surface area (Å²) in [6.07, 6.45) is 1.36. The number of rotatable bonds is 7. The molecule has 0 fully saturated rings. The van der Waals surface area contributed by atoms with Crippen molar-refractivity contribution in [3.63, 3.8) is 0 Å². The van der Waals surface area contributed by atoms with Crippen LogP contribution in [0.2, 0.25) is 5.02 Å². The normalized spacial score (nSPS) is 10.4. The summed E-state index contributed by atoms with van der Waals surface area (Å²) in [5, 5.41) is 8.46. The van der Waals surface area contributed by atoms with Gasteiger partial charge in [0.1, 0.15) is 5.75 Å². The third-order valence-electron chi connectivity index (χ3n) is 3.01. The summed E-state index contributed by atoms with van der Waals surface area (Å²) in [5.74, 6) is -0.0736. The zero-order chi connectivity index (χ0) is 19.1. The van der Waals surface area contributed by atoms with E-state index in [1.165, 1.54) is 12.3 Å². The van der Waals surface area contributed by atoms with E-state index >= 15 is 0 Å². The van der Waals surface area contributed by atoms with Crippen LogP contribution < -0.4 is 15.6 Å². The Morgan fingerprint density at radius 3 is 2.70 bits per heavy atom. The summed E-state index contributed by atoms with van der Waals surface area (Å²) in [6.45, 7) is 0.0839. The third kappa shape index (κ3) is 5.76. The molecule has 0 saturated heterocycles. The predicted molar refractivity (Wildman–Crippen MR) is 95.1 cm³/mol. The highest BCUT2D eigenvalue weighted by Crippen LogP contribution is 2.19. The number of thioether (sulfide) groups is 1. The van der Waals surface area contributed by atoms with E-state index in [0.29, 0.717) is 10.8 Å². The molecule has 0 aliphatic rings. The number of carbonyl (C=O) groups is 2. The van der Waals surface area contributed by atoms with E-state index in [1.54, 1.807) is 30.3 Å². The first-order chi connectivity index (χ1) is 13.1. The molecule has 9 nitrogen and oxygen atoms in total. The number of hydrogen-bond donors (Lipinski definition) is 2. The lowest BCUT2D eigenvalue weighted by molar-refractivity contribution is -0.119. The maximum atomic E-state index is 11.7. The number of amides is 2. The number of aromatic nitrogens is 2. The van der Waals surface area contributed by atoms with Gasteiger partial charge in [0.2, 0.25) is 5.91 Å². The standard InChI is InChI=1S/C16H13ClN4O5S/c17-10-3-5-11(6-4-10)25-8-14-19-21-16(26-14)27-9-13(22)18-20-15(23)12-2-1-7-24-12/h1-7H,8-9H2,(H,18,22)(H,20,23). The number of hydrazine groups is 1. The van der Waals surface area contributed by atoms with Gasteiger partial charge in [-0.25, -0.2) is 0 Å². The number of hydrogen-bond acceptors (Lipinski definition) is 8. The maximum absolute atomic E-state index is 11.7. The number of ether oxygens (including phenoxy) is 1. The maximum Gasteiger partial charge on any atom is 0.305 e. The average molecular weight is 409 g/mol. The van der Waals surface area contributed by atoms with E-state index in [9.17, 15) is 9.59 Å². The largest absolute Gasteiger partial charge is 0.484 e. The van der Waals surface area contributed by atoms with Gasteiger partial charge >= 0.3 is 5.91 Å². The van der Waals surface area contributed by atoms with E-state index in [0.717, 1.165) is 11.8 Å².